The van der Waals surface area contributed by atoms with Crippen LogP contribution in [0.4, 0.5) is 0 Å². The molecule has 0 aliphatic carbocycles. The monoisotopic (exact) mass is 770 g/mol. The van der Waals surface area contributed by atoms with Crippen molar-refractivity contribution in [3.05, 3.63) is 225 Å². The molecule has 286 valence electrons. The summed E-state index contributed by atoms with van der Waals surface area (Å²) in [5.41, 5.74) is 12.5. The van der Waals surface area contributed by atoms with E-state index < -0.39 is 0 Å². The Labute approximate surface area is 349 Å². The van der Waals surface area contributed by atoms with Crippen LogP contribution in [0.5, 0.6) is 0 Å². The number of benzene rings is 7. The van der Waals surface area contributed by atoms with Crippen LogP contribution in [0.2, 0.25) is 0 Å². The summed E-state index contributed by atoms with van der Waals surface area (Å²) in [5, 5.41) is 7.12. The van der Waals surface area contributed by atoms with E-state index in [1.54, 1.807) is 0 Å². The molecule has 0 bridgehead atoms. The third-order valence-corrected chi connectivity index (χ3v) is 11.3. The summed E-state index contributed by atoms with van der Waals surface area (Å²) in [6.07, 6.45) is 12.9. The van der Waals surface area contributed by atoms with Crippen molar-refractivity contribution in [2.75, 3.05) is 0 Å². The van der Waals surface area contributed by atoms with E-state index in [0.29, 0.717) is 5.95 Å². The molecule has 0 unspecified atom stereocenters. The predicted octanol–water partition coefficient (Wildman–Crippen LogP) is 14.8. The van der Waals surface area contributed by atoms with Crippen LogP contribution in [-0.2, 0) is 0 Å². The predicted molar refractivity (Wildman–Crippen MR) is 255 cm³/mol. The van der Waals surface area contributed by atoms with Crippen LogP contribution in [0, 0.1) is 0 Å². The summed E-state index contributed by atoms with van der Waals surface area (Å²) in [7, 11) is 0. The molecule has 0 N–H and O–H groups in total. The molecule has 0 aliphatic rings. The van der Waals surface area contributed by atoms with E-state index in [-0.39, 0.29) is 0 Å². The molecule has 0 spiro atoms. The van der Waals surface area contributed by atoms with E-state index in [9.17, 15) is 0 Å². The number of para-hydroxylation sites is 3. The second-order valence-corrected chi connectivity index (χ2v) is 15.2. The molecule has 0 saturated carbocycles. The molecule has 7 aromatic carbocycles. The number of aromatic nitrogens is 4. The molecular formula is C56H42N4. The maximum Gasteiger partial charge on any atom is 0.235 e. The molecule has 4 heteroatoms. The minimum absolute atomic E-state index is 0.615. The van der Waals surface area contributed by atoms with E-state index in [1.807, 2.05) is 24.3 Å². The van der Waals surface area contributed by atoms with Crippen LogP contribution in [0.15, 0.2) is 219 Å². The number of hydrogen-bond donors (Lipinski definition) is 0. The lowest BCUT2D eigenvalue weighted by Gasteiger charge is -2.13. The summed E-state index contributed by atoms with van der Waals surface area (Å²) in [4.78, 5) is 10.6. The van der Waals surface area contributed by atoms with Crippen molar-refractivity contribution in [2.24, 2.45) is 0 Å². The zero-order valence-corrected chi connectivity index (χ0v) is 33.5. The van der Waals surface area contributed by atoms with E-state index >= 15 is 0 Å². The summed E-state index contributed by atoms with van der Waals surface area (Å²) >= 11 is 0. The third-order valence-electron chi connectivity index (χ3n) is 11.3. The minimum atomic E-state index is 0.615. The molecule has 0 aliphatic heterocycles. The van der Waals surface area contributed by atoms with Crippen LogP contribution < -0.4 is 0 Å². The summed E-state index contributed by atoms with van der Waals surface area (Å²) in [6, 6.07) is 58.6. The van der Waals surface area contributed by atoms with E-state index in [0.717, 1.165) is 73.1 Å². The maximum absolute atomic E-state index is 5.34. The van der Waals surface area contributed by atoms with Gasteiger partial charge in [-0.2, -0.15) is 0 Å². The fraction of sp³-hybridized carbons (Fsp3) is 0.0357. The molecule has 60 heavy (non-hydrogen) atoms. The van der Waals surface area contributed by atoms with Crippen molar-refractivity contribution < 1.29 is 0 Å². The standard InChI is InChI=1S/C56H42N4/c1-4-5-6-7-9-18-38(2)33-39(3)50-37-51(44-28-27-40-19-12-13-20-41(40)34-44)58-56(57-50)60-53-26-17-15-24-47(53)49-35-42(30-32-54(49)60)43-29-31-48-46-23-14-16-25-52(46)59(55(48)36-43)45-21-10-8-11-22-45/h4,6-37H,1-2,5H2,3H3/b7-6-,18-9-,39-33+. The molecule has 0 saturated heterocycles. The average molecular weight is 771 g/mol. The highest BCUT2D eigenvalue weighted by Crippen LogP contribution is 2.38. The van der Waals surface area contributed by atoms with Crippen LogP contribution in [-0.4, -0.2) is 19.1 Å². The van der Waals surface area contributed by atoms with Gasteiger partial charge in [-0.1, -0.05) is 152 Å². The topological polar surface area (TPSA) is 35.6 Å². The first-order valence-electron chi connectivity index (χ1n) is 20.4. The van der Waals surface area contributed by atoms with Crippen molar-refractivity contribution in [1.29, 1.82) is 0 Å². The molecular weight excluding hydrogens is 729 g/mol. The zero-order valence-electron chi connectivity index (χ0n) is 33.5. The third kappa shape index (κ3) is 6.64. The first-order valence-corrected chi connectivity index (χ1v) is 20.4. The summed E-state index contributed by atoms with van der Waals surface area (Å²) in [5.74, 6) is 0.615. The normalized spacial score (nSPS) is 12.2. The van der Waals surface area contributed by atoms with Crippen molar-refractivity contribution in [3.8, 4) is 34.0 Å². The largest absolute Gasteiger partial charge is 0.309 e. The van der Waals surface area contributed by atoms with Crippen LogP contribution in [0.25, 0.3) is 94.0 Å². The molecule has 3 aromatic heterocycles. The lowest BCUT2D eigenvalue weighted by molar-refractivity contribution is 0.982. The second kappa shape index (κ2) is 15.5. The number of hydrogen-bond acceptors (Lipinski definition) is 2. The average Bonchev–Trinajstić information content (AvgIpc) is 3.81. The Morgan fingerprint density at radius 1 is 0.550 bits per heavy atom. The van der Waals surface area contributed by atoms with Crippen molar-refractivity contribution in [3.63, 3.8) is 0 Å². The number of allylic oxidation sites excluding steroid dienone is 8. The molecule has 10 aromatic rings. The van der Waals surface area contributed by atoms with Crippen LogP contribution >= 0.6 is 0 Å². The summed E-state index contributed by atoms with van der Waals surface area (Å²) in [6.45, 7) is 10.2. The van der Waals surface area contributed by atoms with E-state index in [2.05, 4.69) is 205 Å². The number of fused-ring (bicyclic) bond motifs is 7. The van der Waals surface area contributed by atoms with Crippen LogP contribution in [0.3, 0.4) is 0 Å². The Morgan fingerprint density at radius 2 is 1.20 bits per heavy atom. The maximum atomic E-state index is 5.34. The fourth-order valence-corrected chi connectivity index (χ4v) is 8.44. The van der Waals surface area contributed by atoms with Gasteiger partial charge < -0.3 is 4.57 Å². The van der Waals surface area contributed by atoms with Gasteiger partial charge in [-0.3, -0.25) is 4.57 Å². The van der Waals surface area contributed by atoms with Gasteiger partial charge >= 0.3 is 0 Å². The Kier molecular flexibility index (Phi) is 9.43. The molecule has 3 heterocycles. The zero-order chi connectivity index (χ0) is 40.6. The smallest absolute Gasteiger partial charge is 0.235 e. The van der Waals surface area contributed by atoms with Gasteiger partial charge in [0.05, 0.1) is 33.5 Å². The Morgan fingerprint density at radius 3 is 2.02 bits per heavy atom. The molecule has 10 rings (SSSR count). The highest BCUT2D eigenvalue weighted by Gasteiger charge is 2.19. The van der Waals surface area contributed by atoms with Gasteiger partial charge in [0, 0.05) is 32.8 Å². The first kappa shape index (κ1) is 36.5. The van der Waals surface area contributed by atoms with Gasteiger partial charge in [-0.15, -0.1) is 6.58 Å². The first-order chi connectivity index (χ1) is 29.5. The van der Waals surface area contributed by atoms with E-state index in [4.69, 9.17) is 9.97 Å². The molecule has 0 amide bonds. The Balaban J connectivity index is 1.13. The Hall–Kier alpha value is -7.82. The second-order valence-electron chi connectivity index (χ2n) is 15.2. The lowest BCUT2D eigenvalue weighted by atomic mass is 10.0. The highest BCUT2D eigenvalue weighted by atomic mass is 15.2. The van der Waals surface area contributed by atoms with Crippen molar-refractivity contribution in [1.82, 2.24) is 19.1 Å². The van der Waals surface area contributed by atoms with Crippen molar-refractivity contribution in [2.45, 2.75) is 13.3 Å². The number of nitrogens with zero attached hydrogens (tertiary/aromatic N) is 4. The van der Waals surface area contributed by atoms with Gasteiger partial charge in [0.25, 0.3) is 0 Å². The molecule has 4 nitrogen and oxygen atoms in total. The van der Waals surface area contributed by atoms with Crippen LogP contribution in [0.1, 0.15) is 19.0 Å². The minimum Gasteiger partial charge on any atom is -0.309 e. The number of rotatable bonds is 10. The van der Waals surface area contributed by atoms with Gasteiger partial charge in [0.2, 0.25) is 5.95 Å². The molecule has 0 radical (unpaired) electrons. The summed E-state index contributed by atoms with van der Waals surface area (Å²) < 4.78 is 4.59. The SMILES string of the molecule is C=CC/C=C\C=C/C(=C)/C=C(\C)c1cc(-c2ccc3ccccc3c2)nc(-n2c3ccccc3c3cc(-c4ccc5c6ccccc6n(-c6ccccc6)c5c4)ccc32)n1. The lowest BCUT2D eigenvalue weighted by Crippen LogP contribution is -2.05. The molecule has 0 fully saturated rings. The van der Waals surface area contributed by atoms with Gasteiger partial charge in [-0.25, -0.2) is 9.97 Å². The van der Waals surface area contributed by atoms with Gasteiger partial charge in [0.1, 0.15) is 0 Å². The molecule has 0 atom stereocenters. The highest BCUT2D eigenvalue weighted by molar-refractivity contribution is 6.12. The van der Waals surface area contributed by atoms with E-state index in [1.165, 1.54) is 32.6 Å². The fourth-order valence-electron chi connectivity index (χ4n) is 8.44. The quantitative estimate of drug-likeness (QED) is 0.103. The Bertz CT molecular complexity index is 3390. The van der Waals surface area contributed by atoms with Gasteiger partial charge in [-0.05, 0) is 101 Å². The van der Waals surface area contributed by atoms with Gasteiger partial charge in [0.15, 0.2) is 0 Å². The van der Waals surface area contributed by atoms with Crippen molar-refractivity contribution >= 4 is 60.0 Å².